The van der Waals surface area contributed by atoms with Crippen molar-refractivity contribution in [3.8, 4) is 22.8 Å². The van der Waals surface area contributed by atoms with Crippen LogP contribution in [-0.4, -0.2) is 35.9 Å². The molecule has 0 saturated carbocycles. The van der Waals surface area contributed by atoms with Gasteiger partial charge < -0.3 is 24.8 Å². The SMILES string of the molecule is C[C@H]1CN(c2ccc3cc(-c4ccc(O)c(O)c4)oc(=O)c3c2)CCN1. The largest absolute Gasteiger partial charge is 0.504 e. The van der Waals surface area contributed by atoms with Gasteiger partial charge in [0.05, 0.1) is 5.39 Å². The van der Waals surface area contributed by atoms with Crippen LogP contribution in [0.25, 0.3) is 22.1 Å². The average molecular weight is 352 g/mol. The molecule has 1 aliphatic rings. The third kappa shape index (κ3) is 2.99. The maximum atomic E-state index is 12.5. The lowest BCUT2D eigenvalue weighted by molar-refractivity contribution is 0.403. The smallest absolute Gasteiger partial charge is 0.344 e. The van der Waals surface area contributed by atoms with E-state index in [1.54, 1.807) is 12.1 Å². The van der Waals surface area contributed by atoms with Gasteiger partial charge in [-0.05, 0) is 48.7 Å². The zero-order valence-electron chi connectivity index (χ0n) is 14.4. The van der Waals surface area contributed by atoms with E-state index in [1.165, 1.54) is 12.1 Å². The van der Waals surface area contributed by atoms with E-state index in [2.05, 4.69) is 17.1 Å². The molecule has 2 heterocycles. The van der Waals surface area contributed by atoms with Crippen molar-refractivity contribution in [2.75, 3.05) is 24.5 Å². The van der Waals surface area contributed by atoms with E-state index >= 15 is 0 Å². The van der Waals surface area contributed by atoms with Crippen molar-refractivity contribution in [3.05, 3.63) is 52.9 Å². The van der Waals surface area contributed by atoms with Gasteiger partial charge in [-0.25, -0.2) is 4.79 Å². The number of phenols is 2. The van der Waals surface area contributed by atoms with Gasteiger partial charge in [-0.3, -0.25) is 0 Å². The lowest BCUT2D eigenvalue weighted by atomic mass is 10.1. The van der Waals surface area contributed by atoms with E-state index in [0.29, 0.717) is 22.8 Å². The van der Waals surface area contributed by atoms with Crippen molar-refractivity contribution in [1.82, 2.24) is 5.32 Å². The molecule has 0 radical (unpaired) electrons. The van der Waals surface area contributed by atoms with Crippen molar-refractivity contribution >= 4 is 16.5 Å². The van der Waals surface area contributed by atoms with Gasteiger partial charge in [0, 0.05) is 36.9 Å². The van der Waals surface area contributed by atoms with Crippen LogP contribution in [0.3, 0.4) is 0 Å². The summed E-state index contributed by atoms with van der Waals surface area (Å²) in [5.41, 5.74) is 1.11. The van der Waals surface area contributed by atoms with Gasteiger partial charge in [0.25, 0.3) is 0 Å². The predicted octanol–water partition coefficient (Wildman–Crippen LogP) is 2.67. The zero-order chi connectivity index (χ0) is 18.3. The van der Waals surface area contributed by atoms with E-state index in [-0.39, 0.29) is 11.5 Å². The lowest BCUT2D eigenvalue weighted by Gasteiger charge is -2.33. The summed E-state index contributed by atoms with van der Waals surface area (Å²) in [5.74, 6) is -0.124. The van der Waals surface area contributed by atoms with Gasteiger partial charge in [-0.15, -0.1) is 0 Å². The normalized spacial score (nSPS) is 17.6. The molecule has 134 valence electrons. The summed E-state index contributed by atoms with van der Waals surface area (Å²) in [4.78, 5) is 14.8. The molecule has 3 N–H and O–H groups in total. The molecule has 1 saturated heterocycles. The number of aromatic hydroxyl groups is 2. The fourth-order valence-corrected chi connectivity index (χ4v) is 3.35. The number of anilines is 1. The first-order valence-corrected chi connectivity index (χ1v) is 8.60. The number of benzene rings is 2. The number of nitrogens with zero attached hydrogens (tertiary/aromatic N) is 1. The van der Waals surface area contributed by atoms with Crippen LogP contribution in [0, 0.1) is 0 Å². The van der Waals surface area contributed by atoms with Crippen LogP contribution >= 0.6 is 0 Å². The van der Waals surface area contributed by atoms with E-state index in [9.17, 15) is 15.0 Å². The molecule has 6 heteroatoms. The Morgan fingerprint density at radius 1 is 1.12 bits per heavy atom. The summed E-state index contributed by atoms with van der Waals surface area (Å²) in [6.45, 7) is 4.84. The van der Waals surface area contributed by atoms with Gasteiger partial charge in [-0.1, -0.05) is 6.07 Å². The monoisotopic (exact) mass is 352 g/mol. The third-order valence-corrected chi connectivity index (χ3v) is 4.74. The summed E-state index contributed by atoms with van der Waals surface area (Å²) in [6.07, 6.45) is 0. The number of piperazine rings is 1. The second-order valence-corrected chi connectivity index (χ2v) is 6.67. The lowest BCUT2D eigenvalue weighted by Crippen LogP contribution is -2.49. The Hall–Kier alpha value is -2.99. The maximum Gasteiger partial charge on any atom is 0.344 e. The topological polar surface area (TPSA) is 85.9 Å². The van der Waals surface area contributed by atoms with E-state index in [1.807, 2.05) is 18.2 Å². The Bertz CT molecular complexity index is 1030. The van der Waals surface area contributed by atoms with Gasteiger partial charge >= 0.3 is 5.63 Å². The summed E-state index contributed by atoms with van der Waals surface area (Å²) >= 11 is 0. The second kappa shape index (κ2) is 6.38. The summed E-state index contributed by atoms with van der Waals surface area (Å²) in [6, 6.07) is 12.3. The molecule has 2 aromatic carbocycles. The number of fused-ring (bicyclic) bond motifs is 1. The number of hydrogen-bond donors (Lipinski definition) is 3. The Balaban J connectivity index is 1.75. The standard InChI is InChI=1S/C20H20N2O4/c1-12-11-22(7-6-21-12)15-4-2-13-9-19(26-20(25)16(13)10-15)14-3-5-17(23)18(24)8-14/h2-5,8-10,12,21,23-24H,6-7,11H2,1H3/t12-/m0/s1. The highest BCUT2D eigenvalue weighted by Gasteiger charge is 2.17. The minimum atomic E-state index is -0.421. The van der Waals surface area contributed by atoms with E-state index < -0.39 is 5.63 Å². The van der Waals surface area contributed by atoms with Gasteiger partial charge in [0.2, 0.25) is 0 Å². The summed E-state index contributed by atoms with van der Waals surface area (Å²) in [5, 5.41) is 23.8. The van der Waals surface area contributed by atoms with E-state index in [4.69, 9.17) is 4.42 Å². The summed E-state index contributed by atoms with van der Waals surface area (Å²) < 4.78 is 5.46. The molecule has 0 bridgehead atoms. The van der Waals surface area contributed by atoms with Gasteiger partial charge in [0.15, 0.2) is 11.5 Å². The molecule has 0 amide bonds. The van der Waals surface area contributed by atoms with Crippen LogP contribution in [0.2, 0.25) is 0 Å². The predicted molar refractivity (Wildman–Crippen MR) is 101 cm³/mol. The highest BCUT2D eigenvalue weighted by atomic mass is 16.4. The Morgan fingerprint density at radius 2 is 1.96 bits per heavy atom. The van der Waals surface area contributed by atoms with Gasteiger partial charge in [0.1, 0.15) is 5.76 Å². The van der Waals surface area contributed by atoms with Crippen molar-refractivity contribution in [2.45, 2.75) is 13.0 Å². The van der Waals surface area contributed by atoms with Crippen LogP contribution < -0.4 is 15.8 Å². The van der Waals surface area contributed by atoms with Crippen molar-refractivity contribution < 1.29 is 14.6 Å². The molecule has 1 aliphatic heterocycles. The molecule has 26 heavy (non-hydrogen) atoms. The molecule has 4 rings (SSSR count). The third-order valence-electron chi connectivity index (χ3n) is 4.74. The van der Waals surface area contributed by atoms with Crippen molar-refractivity contribution in [1.29, 1.82) is 0 Å². The Labute approximate surface area is 150 Å². The molecule has 6 nitrogen and oxygen atoms in total. The molecular formula is C20H20N2O4. The Kier molecular flexibility index (Phi) is 4.05. The zero-order valence-corrected chi connectivity index (χ0v) is 14.4. The van der Waals surface area contributed by atoms with Crippen LogP contribution in [0.1, 0.15) is 6.92 Å². The highest BCUT2D eigenvalue weighted by molar-refractivity contribution is 5.87. The minimum absolute atomic E-state index is 0.216. The number of nitrogens with one attached hydrogen (secondary N) is 1. The van der Waals surface area contributed by atoms with Crippen LogP contribution in [0.5, 0.6) is 11.5 Å². The molecule has 1 atom stereocenters. The fraction of sp³-hybridized carbons (Fsp3) is 0.250. The molecule has 0 aliphatic carbocycles. The molecule has 0 spiro atoms. The number of phenolic OH excluding ortho intramolecular Hbond substituents is 2. The molecule has 1 aromatic heterocycles. The minimum Gasteiger partial charge on any atom is -0.504 e. The molecular weight excluding hydrogens is 332 g/mol. The number of hydrogen-bond acceptors (Lipinski definition) is 6. The summed E-state index contributed by atoms with van der Waals surface area (Å²) in [7, 11) is 0. The van der Waals surface area contributed by atoms with Gasteiger partial charge in [-0.2, -0.15) is 0 Å². The van der Waals surface area contributed by atoms with Crippen molar-refractivity contribution in [2.24, 2.45) is 0 Å². The van der Waals surface area contributed by atoms with Crippen LogP contribution in [-0.2, 0) is 0 Å². The first-order valence-electron chi connectivity index (χ1n) is 8.60. The van der Waals surface area contributed by atoms with Crippen LogP contribution in [0.15, 0.2) is 51.7 Å². The Morgan fingerprint density at radius 3 is 2.73 bits per heavy atom. The fourth-order valence-electron chi connectivity index (χ4n) is 3.35. The first-order chi connectivity index (χ1) is 12.5. The first kappa shape index (κ1) is 16.5. The van der Waals surface area contributed by atoms with Crippen LogP contribution in [0.4, 0.5) is 5.69 Å². The maximum absolute atomic E-state index is 12.5. The van der Waals surface area contributed by atoms with Crippen molar-refractivity contribution in [3.63, 3.8) is 0 Å². The number of rotatable bonds is 2. The molecule has 1 fully saturated rings. The quantitative estimate of drug-likeness (QED) is 0.615. The molecule has 0 unspecified atom stereocenters. The second-order valence-electron chi connectivity index (χ2n) is 6.67. The highest BCUT2D eigenvalue weighted by Crippen LogP contribution is 2.31. The molecule has 3 aromatic rings. The van der Waals surface area contributed by atoms with E-state index in [0.717, 1.165) is 30.7 Å². The average Bonchev–Trinajstić information content (AvgIpc) is 2.63.